The van der Waals surface area contributed by atoms with Gasteiger partial charge in [0.05, 0.1) is 0 Å². The number of carbonyl (C=O) groups excluding carboxylic acids is 2. The van der Waals surface area contributed by atoms with Crippen molar-refractivity contribution in [3.8, 4) is 0 Å². The molecule has 2 aromatic rings. The van der Waals surface area contributed by atoms with Crippen molar-refractivity contribution in [2.75, 3.05) is 5.32 Å². The van der Waals surface area contributed by atoms with Crippen molar-refractivity contribution in [3.05, 3.63) is 64.1 Å². The first-order valence-corrected chi connectivity index (χ1v) is 7.44. The first kappa shape index (κ1) is 16.0. The van der Waals surface area contributed by atoms with Crippen LogP contribution in [0.2, 0.25) is 0 Å². The molecule has 0 bridgehead atoms. The van der Waals surface area contributed by atoms with Crippen molar-refractivity contribution in [1.82, 2.24) is 5.32 Å². The maximum absolute atomic E-state index is 12.2. The summed E-state index contributed by atoms with van der Waals surface area (Å²) >= 11 is 3.43. The van der Waals surface area contributed by atoms with E-state index in [1.165, 1.54) is 0 Å². The van der Waals surface area contributed by atoms with Crippen LogP contribution in [0, 0.1) is 6.92 Å². The molecule has 0 unspecified atom stereocenters. The Morgan fingerprint density at radius 3 is 2.41 bits per heavy atom. The van der Waals surface area contributed by atoms with Gasteiger partial charge in [0.2, 0.25) is 0 Å². The number of hydrogen-bond donors (Lipinski definition) is 3. The molecule has 2 rings (SSSR count). The van der Waals surface area contributed by atoms with Crippen molar-refractivity contribution in [2.24, 2.45) is 5.73 Å². The van der Waals surface area contributed by atoms with Crippen molar-refractivity contribution in [1.29, 1.82) is 0 Å². The smallest absolute Gasteiger partial charge is 0.318 e. The van der Waals surface area contributed by atoms with Crippen LogP contribution in [0.4, 0.5) is 10.5 Å². The average Bonchev–Trinajstić information content (AvgIpc) is 2.48. The Hall–Kier alpha value is -2.34. The largest absolute Gasteiger partial charge is 0.370 e. The zero-order valence-corrected chi connectivity index (χ0v) is 13.6. The summed E-state index contributed by atoms with van der Waals surface area (Å²) in [5.41, 5.74) is 7.59. The van der Waals surface area contributed by atoms with Crippen molar-refractivity contribution < 1.29 is 9.59 Å². The number of nitrogens with two attached hydrogens (primary N) is 1. The zero-order chi connectivity index (χ0) is 16.1. The second-order valence-electron chi connectivity index (χ2n) is 4.81. The third kappa shape index (κ3) is 4.08. The molecule has 0 fully saturated rings. The molecule has 22 heavy (non-hydrogen) atoms. The fourth-order valence-corrected chi connectivity index (χ4v) is 2.29. The van der Waals surface area contributed by atoms with E-state index in [2.05, 4.69) is 26.6 Å². The summed E-state index contributed by atoms with van der Waals surface area (Å²) in [7, 11) is 0. The third-order valence-corrected chi connectivity index (χ3v) is 4.00. The summed E-state index contributed by atoms with van der Waals surface area (Å²) in [4.78, 5) is 23.2. The predicted octanol–water partition coefficient (Wildman–Crippen LogP) is 3.11. The lowest BCUT2D eigenvalue weighted by atomic mass is 10.1. The molecule has 114 valence electrons. The quantitative estimate of drug-likeness (QED) is 0.782. The molecule has 2 aromatic carbocycles. The van der Waals surface area contributed by atoms with Crippen LogP contribution in [0.15, 0.2) is 53.0 Å². The Morgan fingerprint density at radius 1 is 1.14 bits per heavy atom. The molecule has 6 heteroatoms. The molecular formula is C16H16BrN3O2. The first-order chi connectivity index (χ1) is 10.5. The van der Waals surface area contributed by atoms with E-state index in [4.69, 9.17) is 5.73 Å². The summed E-state index contributed by atoms with van der Waals surface area (Å²) in [5.74, 6) is -0.501. The molecule has 0 radical (unpaired) electrons. The molecule has 0 spiro atoms. The van der Waals surface area contributed by atoms with Crippen LogP contribution in [0.25, 0.3) is 0 Å². The van der Waals surface area contributed by atoms with E-state index < -0.39 is 18.0 Å². The number of urea groups is 1. The van der Waals surface area contributed by atoms with Gasteiger partial charge in [0.1, 0.15) is 6.04 Å². The minimum absolute atomic E-state index is 0.501. The second kappa shape index (κ2) is 7.09. The number of rotatable bonds is 4. The number of primary amides is 1. The number of anilines is 1. The topological polar surface area (TPSA) is 84.2 Å². The number of carbonyl (C=O) groups is 2. The van der Waals surface area contributed by atoms with Gasteiger partial charge < -0.3 is 11.1 Å². The monoisotopic (exact) mass is 361 g/mol. The van der Waals surface area contributed by atoms with Gasteiger partial charge in [-0.1, -0.05) is 46.3 Å². The molecule has 0 saturated heterocycles. The average molecular weight is 362 g/mol. The summed E-state index contributed by atoms with van der Waals surface area (Å²) < 4.78 is 0.982. The van der Waals surface area contributed by atoms with Crippen LogP contribution >= 0.6 is 15.9 Å². The van der Waals surface area contributed by atoms with E-state index in [0.717, 1.165) is 21.3 Å². The number of halogens is 1. The molecule has 0 heterocycles. The highest BCUT2D eigenvalue weighted by Gasteiger charge is 2.21. The maximum atomic E-state index is 12.2. The number of amides is 3. The third-order valence-electron chi connectivity index (χ3n) is 3.11. The molecule has 0 aromatic heterocycles. The summed E-state index contributed by atoms with van der Waals surface area (Å²) in [6, 6.07) is 13.2. The highest BCUT2D eigenvalue weighted by Crippen LogP contribution is 2.24. The molecular weight excluding hydrogens is 346 g/mol. The molecule has 0 saturated carbocycles. The lowest BCUT2D eigenvalue weighted by Gasteiger charge is -2.19. The van der Waals surface area contributed by atoms with E-state index in [-0.39, 0.29) is 0 Å². The lowest BCUT2D eigenvalue weighted by Crippen LogP contribution is -2.40. The van der Waals surface area contributed by atoms with Crippen LogP contribution in [0.3, 0.4) is 0 Å². The molecule has 0 aliphatic heterocycles. The number of aryl methyl sites for hydroxylation is 1. The number of hydrogen-bond acceptors (Lipinski definition) is 3. The zero-order valence-electron chi connectivity index (χ0n) is 12.0. The highest BCUT2D eigenvalue weighted by molar-refractivity contribution is 9.10. The van der Waals surface area contributed by atoms with E-state index >= 15 is 0 Å². The van der Waals surface area contributed by atoms with Gasteiger partial charge in [0, 0.05) is 10.2 Å². The summed E-state index contributed by atoms with van der Waals surface area (Å²) in [6.07, 6.45) is 0. The highest BCUT2D eigenvalue weighted by atomic mass is 79.9. The van der Waals surface area contributed by atoms with E-state index in [1.54, 1.807) is 0 Å². The van der Waals surface area contributed by atoms with E-state index in [9.17, 15) is 9.59 Å². The van der Waals surface area contributed by atoms with Crippen molar-refractivity contribution >= 4 is 33.6 Å². The van der Waals surface area contributed by atoms with Gasteiger partial charge in [-0.25, -0.2) is 4.79 Å². The van der Waals surface area contributed by atoms with Crippen molar-refractivity contribution in [2.45, 2.75) is 13.0 Å². The predicted molar refractivity (Wildman–Crippen MR) is 89.4 cm³/mol. The van der Waals surface area contributed by atoms with Crippen LogP contribution in [-0.4, -0.2) is 11.9 Å². The van der Waals surface area contributed by atoms with Crippen LogP contribution < -0.4 is 16.4 Å². The minimum atomic E-state index is -0.875. The van der Waals surface area contributed by atoms with Crippen LogP contribution in [-0.2, 0) is 4.79 Å². The van der Waals surface area contributed by atoms with Gasteiger partial charge in [-0.05, 0) is 36.2 Å². The fourth-order valence-electron chi connectivity index (χ4n) is 2.04. The van der Waals surface area contributed by atoms with Gasteiger partial charge in [0.25, 0.3) is 5.91 Å². The SMILES string of the molecule is Cc1cc(N[C@@H](C(=O)NC(N)=O)c2ccccc2)ccc1Br. The van der Waals surface area contributed by atoms with Gasteiger partial charge in [-0.15, -0.1) is 0 Å². The number of imide groups is 1. The first-order valence-electron chi connectivity index (χ1n) is 6.65. The Balaban J connectivity index is 2.30. The summed E-state index contributed by atoms with van der Waals surface area (Å²) in [6.45, 7) is 1.95. The standard InChI is InChI=1S/C16H16BrN3O2/c1-10-9-12(7-8-13(10)17)19-14(15(21)20-16(18)22)11-5-3-2-4-6-11/h2-9,14,19H,1H3,(H3,18,20,21,22)/t14-/m1/s1. The molecule has 4 N–H and O–H groups in total. The Morgan fingerprint density at radius 2 is 1.82 bits per heavy atom. The van der Waals surface area contributed by atoms with E-state index in [1.807, 2.05) is 55.5 Å². The molecule has 3 amide bonds. The van der Waals surface area contributed by atoms with Crippen LogP contribution in [0.1, 0.15) is 17.2 Å². The van der Waals surface area contributed by atoms with Gasteiger partial charge >= 0.3 is 6.03 Å². The number of nitrogens with one attached hydrogen (secondary N) is 2. The maximum Gasteiger partial charge on any atom is 0.318 e. The number of benzene rings is 2. The minimum Gasteiger partial charge on any atom is -0.370 e. The molecule has 5 nitrogen and oxygen atoms in total. The molecule has 0 aliphatic rings. The molecule has 0 aliphatic carbocycles. The molecule has 1 atom stereocenters. The normalized spacial score (nSPS) is 11.5. The van der Waals surface area contributed by atoms with Gasteiger partial charge in [-0.2, -0.15) is 0 Å². The lowest BCUT2D eigenvalue weighted by molar-refractivity contribution is -0.120. The fraction of sp³-hybridized carbons (Fsp3) is 0.125. The summed E-state index contributed by atoms with van der Waals surface area (Å²) in [5, 5.41) is 5.24. The van der Waals surface area contributed by atoms with Gasteiger partial charge in [0.15, 0.2) is 0 Å². The Kier molecular flexibility index (Phi) is 5.16. The Bertz CT molecular complexity index is 689. The van der Waals surface area contributed by atoms with Crippen LogP contribution in [0.5, 0.6) is 0 Å². The van der Waals surface area contributed by atoms with Crippen molar-refractivity contribution in [3.63, 3.8) is 0 Å². The Labute approximate surface area is 137 Å². The van der Waals surface area contributed by atoms with E-state index in [0.29, 0.717) is 0 Å². The van der Waals surface area contributed by atoms with Gasteiger partial charge in [-0.3, -0.25) is 10.1 Å². The second-order valence-corrected chi connectivity index (χ2v) is 5.66.